The molecule has 0 bridgehead atoms. The van der Waals surface area contributed by atoms with Crippen molar-refractivity contribution in [3.8, 4) is 0 Å². The Morgan fingerprint density at radius 2 is 0.826 bits per heavy atom. The Kier molecular flexibility index (Phi) is 37.8. The number of allylic oxidation sites excluding steroid dienone is 2. The summed E-state index contributed by atoms with van der Waals surface area (Å²) in [4.78, 5) is 12.3. The number of hydrogen-bond acceptors (Lipinski definition) is 3. The molecule has 3 N–H and O–H groups in total. The summed E-state index contributed by atoms with van der Waals surface area (Å²) in [5.74, 6) is -0.0317. The van der Waals surface area contributed by atoms with Crippen molar-refractivity contribution in [3.05, 3.63) is 12.2 Å². The van der Waals surface area contributed by atoms with Crippen LogP contribution in [0.3, 0.4) is 0 Å². The molecule has 1 amide bonds. The second kappa shape index (κ2) is 38.6. The van der Waals surface area contributed by atoms with Gasteiger partial charge in [0.15, 0.2) is 0 Å². The highest BCUT2D eigenvalue weighted by molar-refractivity contribution is 5.76. The lowest BCUT2D eigenvalue weighted by molar-refractivity contribution is -0.123. The van der Waals surface area contributed by atoms with Crippen molar-refractivity contribution in [2.75, 3.05) is 6.61 Å². The Balaban J connectivity index is 3.43. The maximum Gasteiger partial charge on any atom is 0.220 e. The molecule has 0 fully saturated rings. The van der Waals surface area contributed by atoms with Crippen LogP contribution in [0.25, 0.3) is 0 Å². The number of nitrogens with one attached hydrogen (secondary N) is 1. The minimum atomic E-state index is -0.653. The monoisotopic (exact) mass is 650 g/mol. The predicted molar refractivity (Wildman–Crippen MR) is 202 cm³/mol. The highest BCUT2D eigenvalue weighted by Gasteiger charge is 2.19. The normalized spacial score (nSPS) is 13.0. The third kappa shape index (κ3) is 34.5. The van der Waals surface area contributed by atoms with E-state index in [4.69, 9.17) is 0 Å². The molecule has 0 saturated carbocycles. The molecule has 2 unspecified atom stereocenters. The average molecular weight is 650 g/mol. The van der Waals surface area contributed by atoms with E-state index in [9.17, 15) is 15.0 Å². The molecule has 0 aliphatic carbocycles. The molecule has 0 saturated heterocycles. The molecule has 46 heavy (non-hydrogen) atoms. The van der Waals surface area contributed by atoms with Crippen LogP contribution in [0, 0.1) is 0 Å². The van der Waals surface area contributed by atoms with Crippen LogP contribution in [0.2, 0.25) is 0 Å². The van der Waals surface area contributed by atoms with Crippen LogP contribution < -0.4 is 5.32 Å². The van der Waals surface area contributed by atoms with E-state index in [0.29, 0.717) is 12.8 Å². The smallest absolute Gasteiger partial charge is 0.220 e. The summed E-state index contributed by atoms with van der Waals surface area (Å²) in [7, 11) is 0. The van der Waals surface area contributed by atoms with Crippen LogP contribution in [0.1, 0.15) is 232 Å². The lowest BCUT2D eigenvalue weighted by Crippen LogP contribution is -2.45. The molecule has 0 spiro atoms. The molecular formula is C42H83NO3. The van der Waals surface area contributed by atoms with Gasteiger partial charge in [-0.15, -0.1) is 0 Å². The van der Waals surface area contributed by atoms with Crippen LogP contribution in [0.15, 0.2) is 12.2 Å². The first-order valence-electron chi connectivity index (χ1n) is 20.9. The number of rotatable bonds is 38. The van der Waals surface area contributed by atoms with E-state index in [0.717, 1.165) is 25.7 Å². The number of carbonyl (C=O) groups excluding carboxylic acids is 1. The van der Waals surface area contributed by atoms with Crippen molar-refractivity contribution in [1.29, 1.82) is 0 Å². The second-order valence-corrected chi connectivity index (χ2v) is 14.4. The average Bonchev–Trinajstić information content (AvgIpc) is 3.06. The summed E-state index contributed by atoms with van der Waals surface area (Å²) in [5.41, 5.74) is 0. The zero-order chi connectivity index (χ0) is 33.6. The minimum absolute atomic E-state index is 0.0317. The number of amides is 1. The van der Waals surface area contributed by atoms with Crippen LogP contribution in [0.4, 0.5) is 0 Å². The Morgan fingerprint density at radius 1 is 0.500 bits per heavy atom. The minimum Gasteiger partial charge on any atom is -0.394 e. The van der Waals surface area contributed by atoms with Crippen molar-refractivity contribution in [2.24, 2.45) is 0 Å². The third-order valence-electron chi connectivity index (χ3n) is 9.78. The van der Waals surface area contributed by atoms with E-state index in [-0.39, 0.29) is 12.5 Å². The van der Waals surface area contributed by atoms with E-state index in [1.54, 1.807) is 0 Å². The van der Waals surface area contributed by atoms with Gasteiger partial charge >= 0.3 is 0 Å². The summed E-state index contributed by atoms with van der Waals surface area (Å²) < 4.78 is 0. The SMILES string of the molecule is CCCCCCCCCC/C=C\CCCCCCCCCCCCCCCC(=O)NC(CO)C(O)CCCCCCCCCCC. The molecule has 0 aromatic heterocycles. The summed E-state index contributed by atoms with van der Waals surface area (Å²) in [6.07, 6.45) is 47.2. The van der Waals surface area contributed by atoms with Gasteiger partial charge in [-0.05, 0) is 38.5 Å². The van der Waals surface area contributed by atoms with Gasteiger partial charge in [0.1, 0.15) is 0 Å². The van der Waals surface area contributed by atoms with Crippen molar-refractivity contribution < 1.29 is 15.0 Å². The summed E-state index contributed by atoms with van der Waals surface area (Å²) in [6, 6.07) is -0.530. The topological polar surface area (TPSA) is 69.6 Å². The van der Waals surface area contributed by atoms with Gasteiger partial charge in [-0.3, -0.25) is 4.79 Å². The first-order valence-corrected chi connectivity index (χ1v) is 20.9. The fourth-order valence-corrected chi connectivity index (χ4v) is 6.53. The van der Waals surface area contributed by atoms with Crippen molar-refractivity contribution >= 4 is 5.91 Å². The van der Waals surface area contributed by atoms with E-state index >= 15 is 0 Å². The molecular weight excluding hydrogens is 566 g/mol. The number of aliphatic hydroxyl groups is 2. The molecule has 0 rings (SSSR count). The Bertz CT molecular complexity index is 622. The van der Waals surface area contributed by atoms with E-state index in [2.05, 4.69) is 31.3 Å². The quantitative estimate of drug-likeness (QED) is 0.0460. The van der Waals surface area contributed by atoms with Crippen molar-refractivity contribution in [3.63, 3.8) is 0 Å². The predicted octanol–water partition coefficient (Wildman–Crippen LogP) is 12.7. The Morgan fingerprint density at radius 3 is 1.20 bits per heavy atom. The van der Waals surface area contributed by atoms with Crippen LogP contribution in [-0.2, 0) is 4.79 Å². The van der Waals surface area contributed by atoms with E-state index in [1.165, 1.54) is 180 Å². The third-order valence-corrected chi connectivity index (χ3v) is 9.78. The summed E-state index contributed by atoms with van der Waals surface area (Å²) >= 11 is 0. The Labute approximate surface area is 288 Å². The van der Waals surface area contributed by atoms with Gasteiger partial charge in [-0.25, -0.2) is 0 Å². The number of hydrogen-bond donors (Lipinski definition) is 3. The van der Waals surface area contributed by atoms with Gasteiger partial charge in [0.25, 0.3) is 0 Å². The largest absolute Gasteiger partial charge is 0.394 e. The molecule has 2 atom stereocenters. The molecule has 0 heterocycles. The fourth-order valence-electron chi connectivity index (χ4n) is 6.53. The molecule has 0 aromatic carbocycles. The molecule has 274 valence electrons. The van der Waals surface area contributed by atoms with Gasteiger partial charge in [0.05, 0.1) is 18.8 Å². The Hall–Kier alpha value is -0.870. The van der Waals surface area contributed by atoms with E-state index in [1.807, 2.05) is 0 Å². The van der Waals surface area contributed by atoms with Gasteiger partial charge in [-0.1, -0.05) is 199 Å². The van der Waals surface area contributed by atoms with Crippen LogP contribution in [0.5, 0.6) is 0 Å². The van der Waals surface area contributed by atoms with Crippen LogP contribution in [-0.4, -0.2) is 34.9 Å². The van der Waals surface area contributed by atoms with Gasteiger partial charge in [-0.2, -0.15) is 0 Å². The summed E-state index contributed by atoms with van der Waals surface area (Å²) in [6.45, 7) is 4.34. The first-order chi connectivity index (χ1) is 22.7. The molecule has 4 heteroatoms. The lowest BCUT2D eigenvalue weighted by atomic mass is 10.0. The van der Waals surface area contributed by atoms with Gasteiger partial charge in [0.2, 0.25) is 5.91 Å². The van der Waals surface area contributed by atoms with Crippen LogP contribution >= 0.6 is 0 Å². The molecule has 4 nitrogen and oxygen atoms in total. The first kappa shape index (κ1) is 45.1. The second-order valence-electron chi connectivity index (χ2n) is 14.4. The van der Waals surface area contributed by atoms with Crippen molar-refractivity contribution in [2.45, 2.75) is 244 Å². The maximum atomic E-state index is 12.3. The summed E-state index contributed by atoms with van der Waals surface area (Å²) in [5, 5.41) is 23.0. The van der Waals surface area contributed by atoms with E-state index < -0.39 is 12.1 Å². The fraction of sp³-hybridized carbons (Fsp3) is 0.929. The van der Waals surface area contributed by atoms with Crippen molar-refractivity contribution in [1.82, 2.24) is 5.32 Å². The van der Waals surface area contributed by atoms with Gasteiger partial charge in [0, 0.05) is 6.42 Å². The molecule has 0 aromatic rings. The zero-order valence-corrected chi connectivity index (χ0v) is 31.4. The highest BCUT2D eigenvalue weighted by atomic mass is 16.3. The number of carbonyl (C=O) groups is 1. The number of unbranched alkanes of at least 4 members (excludes halogenated alkanes) is 29. The molecule has 0 radical (unpaired) electrons. The maximum absolute atomic E-state index is 12.3. The molecule has 0 aliphatic heterocycles. The zero-order valence-electron chi connectivity index (χ0n) is 31.4. The lowest BCUT2D eigenvalue weighted by Gasteiger charge is -2.22. The highest BCUT2D eigenvalue weighted by Crippen LogP contribution is 2.15. The standard InChI is InChI=1S/C42H83NO3/c1-3-5-7-9-11-13-14-15-16-17-18-19-20-21-22-23-24-25-26-27-28-30-32-34-36-38-42(46)43-40(39-44)41(45)37-35-33-31-29-12-10-8-6-4-2/h17-18,40-41,44-45H,3-16,19-39H2,1-2H3,(H,43,46)/b18-17-. The molecule has 0 aliphatic rings. The number of aliphatic hydroxyl groups excluding tert-OH is 2. The van der Waals surface area contributed by atoms with Gasteiger partial charge < -0.3 is 15.5 Å².